The predicted molar refractivity (Wildman–Crippen MR) is 58.5 cm³/mol. The lowest BCUT2D eigenvalue weighted by atomic mass is 10.3. The van der Waals surface area contributed by atoms with Crippen LogP contribution in [0.15, 0.2) is 5.38 Å². The number of hydrogen-bond donors (Lipinski definition) is 1. The van der Waals surface area contributed by atoms with Gasteiger partial charge >= 0.3 is 0 Å². The van der Waals surface area contributed by atoms with Crippen LogP contribution in [0.4, 0.5) is 5.95 Å². The lowest BCUT2D eigenvalue weighted by molar-refractivity contribution is 0.781. The Kier molecular flexibility index (Phi) is 2.20. The van der Waals surface area contributed by atoms with Gasteiger partial charge in [-0.3, -0.25) is 0 Å². The van der Waals surface area contributed by atoms with E-state index in [0.717, 1.165) is 10.4 Å². The second-order valence-corrected chi connectivity index (χ2v) is 4.24. The van der Waals surface area contributed by atoms with Gasteiger partial charge in [0.15, 0.2) is 5.82 Å². The zero-order valence-corrected chi connectivity index (χ0v) is 9.35. The van der Waals surface area contributed by atoms with Crippen LogP contribution in [0, 0.1) is 6.92 Å². The van der Waals surface area contributed by atoms with Gasteiger partial charge < -0.3 is 5.73 Å². The molecule has 4 nitrogen and oxygen atoms in total. The fraction of sp³-hybridized carbons (Fsp3) is 0.250. The number of nitrogens with zero attached hydrogens (tertiary/aromatic N) is 3. The fourth-order valence-corrected chi connectivity index (χ4v) is 2.28. The minimum atomic E-state index is 0.391. The van der Waals surface area contributed by atoms with Crippen LogP contribution in [-0.2, 0) is 7.05 Å². The molecule has 2 aromatic heterocycles. The molecule has 0 radical (unpaired) electrons. The molecule has 0 aliphatic heterocycles. The maximum Gasteiger partial charge on any atom is 0.218 e. The summed E-state index contributed by atoms with van der Waals surface area (Å²) in [6.45, 7) is 1.95. The van der Waals surface area contributed by atoms with Crippen molar-refractivity contribution in [2.75, 3.05) is 5.73 Å². The Hall–Kier alpha value is -1.07. The minimum Gasteiger partial charge on any atom is -0.368 e. The normalized spacial score (nSPS) is 10.8. The first-order valence-electron chi connectivity index (χ1n) is 4.00. The first-order chi connectivity index (χ1) is 6.59. The molecular weight excluding hydrogens is 220 g/mol. The highest BCUT2D eigenvalue weighted by atomic mass is 35.5. The molecule has 2 heterocycles. The number of anilines is 1. The van der Waals surface area contributed by atoms with E-state index in [4.69, 9.17) is 17.3 Å². The second kappa shape index (κ2) is 3.25. The maximum absolute atomic E-state index is 6.09. The van der Waals surface area contributed by atoms with E-state index in [9.17, 15) is 0 Å². The van der Waals surface area contributed by atoms with E-state index >= 15 is 0 Å². The average Bonchev–Trinajstić information content (AvgIpc) is 2.61. The van der Waals surface area contributed by atoms with Crippen molar-refractivity contribution >= 4 is 28.9 Å². The molecule has 0 fully saturated rings. The number of aromatic nitrogens is 3. The van der Waals surface area contributed by atoms with Crippen LogP contribution < -0.4 is 5.73 Å². The molecule has 0 aliphatic carbocycles. The van der Waals surface area contributed by atoms with Crippen LogP contribution in [0.3, 0.4) is 0 Å². The lowest BCUT2D eigenvalue weighted by Gasteiger charge is -1.90. The van der Waals surface area contributed by atoms with Crippen LogP contribution in [0.5, 0.6) is 0 Å². The zero-order chi connectivity index (χ0) is 10.3. The summed E-state index contributed by atoms with van der Waals surface area (Å²) in [6, 6.07) is 0. The number of hydrogen-bond acceptors (Lipinski definition) is 4. The number of thiophene rings is 1. The quantitative estimate of drug-likeness (QED) is 0.813. The van der Waals surface area contributed by atoms with Gasteiger partial charge in [0.2, 0.25) is 5.95 Å². The first-order valence-corrected chi connectivity index (χ1v) is 5.26. The van der Waals surface area contributed by atoms with Gasteiger partial charge in [-0.15, -0.1) is 16.4 Å². The standard InChI is InChI=1S/C8H9ClN4S/c1-4-3-14-6(5(4)9)7-11-8(10)13(2)12-7/h3H,1-2H3,(H2,10,11,12). The molecule has 14 heavy (non-hydrogen) atoms. The van der Waals surface area contributed by atoms with E-state index in [0.29, 0.717) is 16.8 Å². The largest absolute Gasteiger partial charge is 0.368 e. The minimum absolute atomic E-state index is 0.391. The summed E-state index contributed by atoms with van der Waals surface area (Å²) in [5, 5.41) is 6.85. The highest BCUT2D eigenvalue weighted by Gasteiger charge is 2.13. The Morgan fingerprint density at radius 2 is 2.29 bits per heavy atom. The third-order valence-electron chi connectivity index (χ3n) is 1.90. The molecule has 0 aliphatic rings. The van der Waals surface area contributed by atoms with Gasteiger partial charge in [-0.2, -0.15) is 4.98 Å². The van der Waals surface area contributed by atoms with E-state index in [2.05, 4.69) is 10.1 Å². The molecule has 0 spiro atoms. The molecule has 0 saturated heterocycles. The molecule has 74 valence electrons. The number of rotatable bonds is 1. The molecule has 2 N–H and O–H groups in total. The second-order valence-electron chi connectivity index (χ2n) is 2.98. The number of halogens is 1. The van der Waals surface area contributed by atoms with E-state index in [-0.39, 0.29) is 0 Å². The van der Waals surface area contributed by atoms with Crippen molar-refractivity contribution in [3.8, 4) is 10.7 Å². The summed E-state index contributed by atoms with van der Waals surface area (Å²) in [6.07, 6.45) is 0. The SMILES string of the molecule is Cc1csc(-c2nc(N)n(C)n2)c1Cl. The average molecular weight is 229 g/mol. The van der Waals surface area contributed by atoms with E-state index in [1.807, 2.05) is 12.3 Å². The van der Waals surface area contributed by atoms with E-state index in [1.54, 1.807) is 7.05 Å². The van der Waals surface area contributed by atoms with Crippen LogP contribution in [0.1, 0.15) is 5.56 Å². The molecule has 0 atom stereocenters. The summed E-state index contributed by atoms with van der Waals surface area (Å²) in [7, 11) is 1.75. The number of nitrogens with two attached hydrogens (primary N) is 1. The molecule has 2 aromatic rings. The Labute approximate surface area is 90.3 Å². The number of aryl methyl sites for hydroxylation is 2. The van der Waals surface area contributed by atoms with Crippen LogP contribution in [0.2, 0.25) is 5.02 Å². The fourth-order valence-electron chi connectivity index (χ4n) is 1.07. The van der Waals surface area contributed by atoms with Gasteiger partial charge in [0, 0.05) is 7.05 Å². The third kappa shape index (κ3) is 1.38. The molecule has 0 unspecified atom stereocenters. The molecule has 0 amide bonds. The first kappa shape index (κ1) is 9.48. The summed E-state index contributed by atoms with van der Waals surface area (Å²) < 4.78 is 1.53. The van der Waals surface area contributed by atoms with Crippen molar-refractivity contribution in [2.24, 2.45) is 7.05 Å². The molecule has 0 saturated carbocycles. The number of nitrogen functional groups attached to an aromatic ring is 1. The summed E-state index contributed by atoms with van der Waals surface area (Å²) >= 11 is 7.61. The van der Waals surface area contributed by atoms with Gasteiger partial charge in [-0.1, -0.05) is 11.6 Å². The van der Waals surface area contributed by atoms with Crippen LogP contribution in [-0.4, -0.2) is 14.8 Å². The Bertz CT molecular complexity index is 454. The smallest absolute Gasteiger partial charge is 0.218 e. The van der Waals surface area contributed by atoms with Gasteiger partial charge in [-0.25, -0.2) is 4.68 Å². The molecule has 0 bridgehead atoms. The summed E-state index contributed by atoms with van der Waals surface area (Å²) in [5.74, 6) is 0.982. The highest BCUT2D eigenvalue weighted by molar-refractivity contribution is 7.14. The topological polar surface area (TPSA) is 56.7 Å². The van der Waals surface area contributed by atoms with E-state index in [1.165, 1.54) is 16.0 Å². The Morgan fingerprint density at radius 3 is 2.71 bits per heavy atom. The van der Waals surface area contributed by atoms with Crippen molar-refractivity contribution < 1.29 is 0 Å². The molecular formula is C8H9ClN4S. The Balaban J connectivity index is 2.54. The third-order valence-corrected chi connectivity index (χ3v) is 3.59. The van der Waals surface area contributed by atoms with Gasteiger partial charge in [0.05, 0.1) is 9.90 Å². The zero-order valence-electron chi connectivity index (χ0n) is 7.78. The molecule has 6 heteroatoms. The van der Waals surface area contributed by atoms with Gasteiger partial charge in [0.25, 0.3) is 0 Å². The molecule has 0 aromatic carbocycles. The van der Waals surface area contributed by atoms with Crippen molar-refractivity contribution in [2.45, 2.75) is 6.92 Å². The van der Waals surface area contributed by atoms with Crippen molar-refractivity contribution in [1.29, 1.82) is 0 Å². The van der Waals surface area contributed by atoms with Crippen LogP contribution in [0.25, 0.3) is 10.7 Å². The predicted octanol–water partition coefficient (Wildman–Crippen LogP) is 2.09. The molecule has 2 rings (SSSR count). The lowest BCUT2D eigenvalue weighted by Crippen LogP contribution is -1.97. The maximum atomic E-state index is 6.09. The van der Waals surface area contributed by atoms with Crippen molar-refractivity contribution in [1.82, 2.24) is 14.8 Å². The Morgan fingerprint density at radius 1 is 1.57 bits per heavy atom. The monoisotopic (exact) mass is 228 g/mol. The summed E-state index contributed by atoms with van der Waals surface area (Å²) in [4.78, 5) is 4.98. The van der Waals surface area contributed by atoms with Crippen molar-refractivity contribution in [3.63, 3.8) is 0 Å². The highest BCUT2D eigenvalue weighted by Crippen LogP contribution is 2.34. The van der Waals surface area contributed by atoms with Gasteiger partial charge in [-0.05, 0) is 17.9 Å². The van der Waals surface area contributed by atoms with Gasteiger partial charge in [0.1, 0.15) is 0 Å². The summed E-state index contributed by atoms with van der Waals surface area (Å²) in [5.41, 5.74) is 6.63. The van der Waals surface area contributed by atoms with Crippen LogP contribution >= 0.6 is 22.9 Å². The van der Waals surface area contributed by atoms with Crippen molar-refractivity contribution in [3.05, 3.63) is 16.0 Å². The van der Waals surface area contributed by atoms with E-state index < -0.39 is 0 Å².